The van der Waals surface area contributed by atoms with E-state index in [0.717, 1.165) is 5.73 Å². The predicted octanol–water partition coefficient (Wildman–Crippen LogP) is 3.61. The Balaban J connectivity index is 3.52. The molecule has 1 aliphatic rings. The largest absolute Gasteiger partial charge is 0.207 e. The van der Waals surface area contributed by atoms with Crippen molar-refractivity contribution in [3.8, 4) is 0 Å². The molecule has 0 heterocycles. The van der Waals surface area contributed by atoms with E-state index < -0.39 is 35.0 Å². The maximum Gasteiger partial charge on any atom is 0.207 e. The maximum atomic E-state index is 12.3. The van der Waals surface area contributed by atoms with Gasteiger partial charge in [-0.25, -0.2) is 8.78 Å². The van der Waals surface area contributed by atoms with Gasteiger partial charge in [-0.2, -0.15) is 17.6 Å². The fraction of sp³-hybridized carbons (Fsp3) is 0. The molecule has 0 radical (unpaired) electrons. The molecule has 0 spiro atoms. The molecule has 0 aromatic heterocycles. The smallest absolute Gasteiger partial charge is 0.200 e. The van der Waals surface area contributed by atoms with Crippen LogP contribution in [0.5, 0.6) is 0 Å². The molecule has 0 atom stereocenters. The highest BCUT2D eigenvalue weighted by atomic mass is 19.2. The first-order valence-corrected chi connectivity index (χ1v) is 2.88. The molecule has 0 aliphatic heterocycles. The van der Waals surface area contributed by atoms with Crippen LogP contribution in [-0.2, 0) is 0 Å². The van der Waals surface area contributed by atoms with Gasteiger partial charge in [-0.3, -0.25) is 0 Å². The van der Waals surface area contributed by atoms with Crippen LogP contribution in [0, 0.1) is 0 Å². The molecule has 0 nitrogen and oxygen atoms in total. The molecule has 0 saturated heterocycles. The minimum atomic E-state index is -2.42. The molecule has 0 saturated carbocycles. The lowest BCUT2D eigenvalue weighted by Gasteiger charge is -1.93. The minimum Gasteiger partial charge on any atom is -0.200 e. The molecular weight excluding hydrogens is 198 g/mol. The van der Waals surface area contributed by atoms with Gasteiger partial charge in [-0.15, -0.1) is 0 Å². The molecule has 0 aromatic rings. The van der Waals surface area contributed by atoms with Crippen molar-refractivity contribution in [3.63, 3.8) is 0 Å². The molecule has 0 aromatic carbocycles. The quantitative estimate of drug-likeness (QED) is 0.412. The highest BCUT2D eigenvalue weighted by Crippen LogP contribution is 2.33. The number of hydrogen-bond donors (Lipinski definition) is 0. The van der Waals surface area contributed by atoms with E-state index >= 15 is 0 Å². The van der Waals surface area contributed by atoms with E-state index in [4.69, 9.17) is 0 Å². The van der Waals surface area contributed by atoms with Crippen LogP contribution < -0.4 is 0 Å². The number of halogens is 6. The monoisotopic (exact) mass is 198 g/mol. The zero-order valence-corrected chi connectivity index (χ0v) is 5.77. The molecule has 0 bridgehead atoms. The predicted molar refractivity (Wildman–Crippen MR) is 31.2 cm³/mol. The van der Waals surface area contributed by atoms with Crippen LogP contribution in [0.15, 0.2) is 40.7 Å². The van der Waals surface area contributed by atoms with Gasteiger partial charge in [0.15, 0.2) is 0 Å². The third-order valence-corrected chi connectivity index (χ3v) is 1.18. The van der Waals surface area contributed by atoms with E-state index in [1.54, 1.807) is 0 Å². The van der Waals surface area contributed by atoms with Gasteiger partial charge in [-0.1, -0.05) is 0 Å². The zero-order valence-electron chi connectivity index (χ0n) is 5.77. The Hall–Kier alpha value is -1.42. The second-order valence-electron chi connectivity index (χ2n) is 2.01. The Labute approximate surface area is 68.2 Å². The van der Waals surface area contributed by atoms with Gasteiger partial charge in [0.2, 0.25) is 35.0 Å². The zero-order chi connectivity index (χ0) is 10.2. The Bertz CT molecular complexity index is 346. The van der Waals surface area contributed by atoms with Crippen molar-refractivity contribution in [1.29, 1.82) is 0 Å². The highest BCUT2D eigenvalue weighted by Gasteiger charge is 2.25. The van der Waals surface area contributed by atoms with Crippen molar-refractivity contribution < 1.29 is 26.3 Å². The molecule has 13 heavy (non-hydrogen) atoms. The van der Waals surface area contributed by atoms with Gasteiger partial charge in [0.25, 0.3) is 0 Å². The minimum absolute atomic E-state index is 0.856. The van der Waals surface area contributed by atoms with Crippen LogP contribution in [0.2, 0.25) is 0 Å². The maximum absolute atomic E-state index is 12.3. The third kappa shape index (κ3) is 1.53. The van der Waals surface area contributed by atoms with Crippen LogP contribution >= 0.6 is 0 Å². The first-order chi connectivity index (χ1) is 5.95. The standard InChI is InChI=1S/C7F6/c8-2-1-3(9)5(11)7(13)6(12)4(2)10. The lowest BCUT2D eigenvalue weighted by atomic mass is 10.3. The summed E-state index contributed by atoms with van der Waals surface area (Å²) in [5, 5.41) is 0. The fourth-order valence-electron chi connectivity index (χ4n) is 0.592. The summed E-state index contributed by atoms with van der Waals surface area (Å²) in [7, 11) is 0. The van der Waals surface area contributed by atoms with Gasteiger partial charge in [-0.05, 0) is 5.73 Å². The Morgan fingerprint density at radius 3 is 1.15 bits per heavy atom. The summed E-state index contributed by atoms with van der Waals surface area (Å²) in [6.07, 6.45) is 0. The van der Waals surface area contributed by atoms with Crippen molar-refractivity contribution in [2.45, 2.75) is 0 Å². The van der Waals surface area contributed by atoms with Gasteiger partial charge in [0.1, 0.15) is 0 Å². The van der Waals surface area contributed by atoms with Gasteiger partial charge >= 0.3 is 0 Å². The van der Waals surface area contributed by atoms with Crippen molar-refractivity contribution >= 4 is 0 Å². The first-order valence-electron chi connectivity index (χ1n) is 2.88. The molecule has 0 amide bonds. The number of rotatable bonds is 0. The number of hydrogen-bond acceptors (Lipinski definition) is 0. The summed E-state index contributed by atoms with van der Waals surface area (Å²) in [5.74, 6) is -13.7. The van der Waals surface area contributed by atoms with Gasteiger partial charge < -0.3 is 0 Å². The van der Waals surface area contributed by atoms with E-state index in [-0.39, 0.29) is 0 Å². The van der Waals surface area contributed by atoms with Gasteiger partial charge in [0.05, 0.1) is 0 Å². The van der Waals surface area contributed by atoms with Crippen molar-refractivity contribution in [3.05, 3.63) is 40.7 Å². The molecule has 0 N–H and O–H groups in total. The molecule has 1 aliphatic carbocycles. The normalized spacial score (nSPS) is 18.6. The van der Waals surface area contributed by atoms with E-state index in [9.17, 15) is 26.3 Å². The van der Waals surface area contributed by atoms with Crippen LogP contribution in [0.25, 0.3) is 0 Å². The molecule has 0 fully saturated rings. The second-order valence-corrected chi connectivity index (χ2v) is 2.01. The van der Waals surface area contributed by atoms with Crippen LogP contribution in [0.4, 0.5) is 26.3 Å². The van der Waals surface area contributed by atoms with Crippen molar-refractivity contribution in [2.75, 3.05) is 0 Å². The molecule has 6 heteroatoms. The van der Waals surface area contributed by atoms with E-state index in [2.05, 4.69) is 0 Å². The van der Waals surface area contributed by atoms with E-state index in [1.807, 2.05) is 0 Å². The molecule has 70 valence electrons. The summed E-state index contributed by atoms with van der Waals surface area (Å²) in [6, 6.07) is 0. The van der Waals surface area contributed by atoms with Crippen molar-refractivity contribution in [1.82, 2.24) is 0 Å². The number of allylic oxidation sites excluding steroid dienone is 5. The SMILES string of the molecule is FC1=C=C(F)C(F)=C(F)C(F)=C1F. The average Bonchev–Trinajstić information content (AvgIpc) is 2.15. The summed E-state index contributed by atoms with van der Waals surface area (Å²) in [6.45, 7) is 0. The van der Waals surface area contributed by atoms with Gasteiger partial charge in [0, 0.05) is 0 Å². The van der Waals surface area contributed by atoms with Crippen LogP contribution in [0.3, 0.4) is 0 Å². The molecule has 0 unspecified atom stereocenters. The lowest BCUT2D eigenvalue weighted by molar-refractivity contribution is 0.448. The summed E-state index contributed by atoms with van der Waals surface area (Å²) >= 11 is 0. The lowest BCUT2D eigenvalue weighted by Crippen LogP contribution is -1.84. The summed E-state index contributed by atoms with van der Waals surface area (Å²) < 4.78 is 73.4. The fourth-order valence-corrected chi connectivity index (χ4v) is 0.592. The van der Waals surface area contributed by atoms with Crippen LogP contribution in [-0.4, -0.2) is 0 Å². The van der Waals surface area contributed by atoms with E-state index in [1.165, 1.54) is 0 Å². The Morgan fingerprint density at radius 2 is 0.846 bits per heavy atom. The summed E-state index contributed by atoms with van der Waals surface area (Å²) in [5.41, 5.74) is 0.856. The van der Waals surface area contributed by atoms with E-state index in [0.29, 0.717) is 0 Å². The first kappa shape index (κ1) is 9.67. The third-order valence-electron chi connectivity index (χ3n) is 1.18. The average molecular weight is 198 g/mol. The van der Waals surface area contributed by atoms with Crippen LogP contribution in [0.1, 0.15) is 0 Å². The highest BCUT2D eigenvalue weighted by molar-refractivity contribution is 5.41. The Kier molecular flexibility index (Phi) is 2.34. The molecule has 1 rings (SSSR count). The molecular formula is C7F6. The Morgan fingerprint density at radius 1 is 0.538 bits per heavy atom. The van der Waals surface area contributed by atoms with Crippen molar-refractivity contribution in [2.24, 2.45) is 0 Å². The second kappa shape index (κ2) is 3.14. The topological polar surface area (TPSA) is 0 Å². The summed E-state index contributed by atoms with van der Waals surface area (Å²) in [4.78, 5) is 0.